The van der Waals surface area contributed by atoms with E-state index in [0.717, 1.165) is 0 Å². The number of rotatable bonds is 2. The maximum Gasteiger partial charge on any atom is 0.0788 e. The Balaban J connectivity index is 2.82. The van der Waals surface area contributed by atoms with Crippen LogP contribution in [0.5, 0.6) is 0 Å². The molecule has 0 heterocycles. The van der Waals surface area contributed by atoms with E-state index in [0.29, 0.717) is 6.54 Å². The first-order chi connectivity index (χ1) is 5.74. The number of aryl methyl sites for hydroxylation is 1. The number of hydrogen-bond acceptors (Lipinski definition) is 1. The van der Waals surface area contributed by atoms with Gasteiger partial charge in [-0.25, -0.2) is 0 Å². The second-order valence-electron chi connectivity index (χ2n) is 2.90. The summed E-state index contributed by atoms with van der Waals surface area (Å²) in [7, 11) is 1.99. The minimum atomic E-state index is 0.656. The van der Waals surface area contributed by atoms with Crippen LogP contribution in [0.15, 0.2) is 24.3 Å². The number of terminal acetylenes is 1. The lowest BCUT2D eigenvalue weighted by atomic mass is 10.2. The zero-order chi connectivity index (χ0) is 8.97. The lowest BCUT2D eigenvalue weighted by Gasteiger charge is -2.16. The lowest BCUT2D eigenvalue weighted by Crippen LogP contribution is -2.16. The molecule has 0 radical (unpaired) electrons. The third-order valence-electron chi connectivity index (χ3n) is 1.77. The van der Waals surface area contributed by atoms with E-state index in [9.17, 15) is 0 Å². The van der Waals surface area contributed by atoms with Gasteiger partial charge in [-0.2, -0.15) is 0 Å². The average Bonchev–Trinajstić information content (AvgIpc) is 2.05. The van der Waals surface area contributed by atoms with Crippen LogP contribution in [0.4, 0.5) is 5.69 Å². The third-order valence-corrected chi connectivity index (χ3v) is 1.77. The smallest absolute Gasteiger partial charge is 0.0788 e. The highest BCUT2D eigenvalue weighted by Gasteiger charge is 1.96. The Hall–Kier alpha value is -1.42. The summed E-state index contributed by atoms with van der Waals surface area (Å²) in [6, 6.07) is 8.30. The van der Waals surface area contributed by atoms with Crippen LogP contribution in [0.2, 0.25) is 0 Å². The molecule has 0 N–H and O–H groups in total. The van der Waals surface area contributed by atoms with Gasteiger partial charge in [-0.3, -0.25) is 0 Å². The molecule has 0 aromatic heterocycles. The van der Waals surface area contributed by atoms with Gasteiger partial charge >= 0.3 is 0 Å². The minimum Gasteiger partial charge on any atom is -0.363 e. The highest BCUT2D eigenvalue weighted by molar-refractivity contribution is 5.48. The molecule has 1 aromatic carbocycles. The van der Waals surface area contributed by atoms with E-state index in [4.69, 9.17) is 6.42 Å². The molecule has 0 fully saturated rings. The quantitative estimate of drug-likeness (QED) is 0.597. The van der Waals surface area contributed by atoms with Crippen LogP contribution < -0.4 is 4.90 Å². The topological polar surface area (TPSA) is 3.24 Å². The molecule has 0 saturated heterocycles. The van der Waals surface area contributed by atoms with Crippen molar-refractivity contribution in [3.8, 4) is 12.3 Å². The monoisotopic (exact) mass is 159 g/mol. The fourth-order valence-corrected chi connectivity index (χ4v) is 1.09. The molecule has 0 saturated carbocycles. The highest BCUT2D eigenvalue weighted by Crippen LogP contribution is 2.13. The Bertz CT molecular complexity index is 296. The zero-order valence-corrected chi connectivity index (χ0v) is 7.54. The molecule has 1 rings (SSSR count). The van der Waals surface area contributed by atoms with Gasteiger partial charge in [0.25, 0.3) is 0 Å². The zero-order valence-electron chi connectivity index (χ0n) is 7.54. The van der Waals surface area contributed by atoms with Gasteiger partial charge in [0.1, 0.15) is 0 Å². The number of anilines is 1. The number of nitrogens with zero attached hydrogens (tertiary/aromatic N) is 1. The van der Waals surface area contributed by atoms with Crippen molar-refractivity contribution in [2.45, 2.75) is 6.92 Å². The molecule has 0 aliphatic heterocycles. The van der Waals surface area contributed by atoms with Crippen molar-refractivity contribution in [1.82, 2.24) is 0 Å². The normalized spacial score (nSPS) is 9.08. The van der Waals surface area contributed by atoms with Crippen LogP contribution in [0.1, 0.15) is 5.56 Å². The fourth-order valence-electron chi connectivity index (χ4n) is 1.09. The molecule has 1 nitrogen and oxygen atoms in total. The van der Waals surface area contributed by atoms with Gasteiger partial charge in [0.05, 0.1) is 6.54 Å². The van der Waals surface area contributed by atoms with Crippen LogP contribution >= 0.6 is 0 Å². The van der Waals surface area contributed by atoms with Gasteiger partial charge in [0.15, 0.2) is 0 Å². The molecule has 0 atom stereocenters. The van der Waals surface area contributed by atoms with Gasteiger partial charge < -0.3 is 4.90 Å². The molecule has 0 unspecified atom stereocenters. The highest BCUT2D eigenvalue weighted by atomic mass is 15.1. The van der Waals surface area contributed by atoms with Crippen molar-refractivity contribution in [3.05, 3.63) is 29.8 Å². The van der Waals surface area contributed by atoms with E-state index >= 15 is 0 Å². The first-order valence-electron chi connectivity index (χ1n) is 3.95. The molecule has 0 spiro atoms. The molecule has 62 valence electrons. The van der Waals surface area contributed by atoms with Crippen LogP contribution in [0, 0.1) is 19.3 Å². The summed E-state index contributed by atoms with van der Waals surface area (Å²) in [5, 5.41) is 0. The number of benzene rings is 1. The van der Waals surface area contributed by atoms with Crippen molar-refractivity contribution < 1.29 is 0 Å². The second kappa shape index (κ2) is 3.82. The molecule has 12 heavy (non-hydrogen) atoms. The Morgan fingerprint density at radius 2 is 2.25 bits per heavy atom. The maximum absolute atomic E-state index is 5.21. The summed E-state index contributed by atoms with van der Waals surface area (Å²) in [6.45, 7) is 2.73. The van der Waals surface area contributed by atoms with Crippen LogP contribution in [0.3, 0.4) is 0 Å². The Labute approximate surface area is 74.0 Å². The van der Waals surface area contributed by atoms with E-state index in [1.165, 1.54) is 11.3 Å². The summed E-state index contributed by atoms with van der Waals surface area (Å²) in [6.07, 6.45) is 5.21. The van der Waals surface area contributed by atoms with Crippen LogP contribution in [0.25, 0.3) is 0 Å². The summed E-state index contributed by atoms with van der Waals surface area (Å²) in [5.74, 6) is 2.61. The molecule has 1 heteroatoms. The van der Waals surface area contributed by atoms with E-state index in [2.05, 4.69) is 31.0 Å². The Morgan fingerprint density at radius 3 is 2.83 bits per heavy atom. The second-order valence-corrected chi connectivity index (χ2v) is 2.90. The standard InChI is InChI=1S/C11H13N/c1-4-8-12(3)11-7-5-6-10(2)9-11/h1,5-7,9H,8H2,2-3H3. The third kappa shape index (κ3) is 2.03. The SMILES string of the molecule is C#CCN(C)c1cccc(C)c1. The van der Waals surface area contributed by atoms with Crippen molar-refractivity contribution in [1.29, 1.82) is 0 Å². The summed E-state index contributed by atoms with van der Waals surface area (Å²) in [5.41, 5.74) is 2.43. The van der Waals surface area contributed by atoms with Gasteiger partial charge in [-0.1, -0.05) is 18.1 Å². The summed E-state index contributed by atoms with van der Waals surface area (Å²) < 4.78 is 0. The van der Waals surface area contributed by atoms with Gasteiger partial charge in [0.2, 0.25) is 0 Å². The van der Waals surface area contributed by atoms with Crippen molar-refractivity contribution in [2.24, 2.45) is 0 Å². The van der Waals surface area contributed by atoms with Crippen LogP contribution in [-0.2, 0) is 0 Å². The van der Waals surface area contributed by atoms with E-state index in [1.807, 2.05) is 18.0 Å². The van der Waals surface area contributed by atoms with Crippen molar-refractivity contribution in [2.75, 3.05) is 18.5 Å². The predicted octanol–water partition coefficient (Wildman–Crippen LogP) is 2.06. The number of hydrogen-bond donors (Lipinski definition) is 0. The Morgan fingerprint density at radius 1 is 1.50 bits per heavy atom. The fraction of sp³-hybridized carbons (Fsp3) is 0.273. The van der Waals surface area contributed by atoms with Gasteiger partial charge in [-0.05, 0) is 24.6 Å². The van der Waals surface area contributed by atoms with Gasteiger partial charge in [0, 0.05) is 12.7 Å². The van der Waals surface area contributed by atoms with E-state index in [1.54, 1.807) is 0 Å². The van der Waals surface area contributed by atoms with Crippen molar-refractivity contribution >= 4 is 5.69 Å². The molecule has 0 amide bonds. The molecule has 0 bridgehead atoms. The van der Waals surface area contributed by atoms with Crippen LogP contribution in [-0.4, -0.2) is 13.6 Å². The first kappa shape index (κ1) is 8.67. The largest absolute Gasteiger partial charge is 0.363 e. The Kier molecular flexibility index (Phi) is 2.76. The lowest BCUT2D eigenvalue weighted by molar-refractivity contribution is 1.05. The summed E-state index contributed by atoms with van der Waals surface area (Å²) in [4.78, 5) is 2.05. The van der Waals surface area contributed by atoms with E-state index in [-0.39, 0.29) is 0 Å². The molecule has 0 aliphatic rings. The maximum atomic E-state index is 5.21. The van der Waals surface area contributed by atoms with Crippen molar-refractivity contribution in [3.63, 3.8) is 0 Å². The molecule has 0 aliphatic carbocycles. The summed E-state index contributed by atoms with van der Waals surface area (Å²) >= 11 is 0. The minimum absolute atomic E-state index is 0.656. The molecular formula is C11H13N. The van der Waals surface area contributed by atoms with Gasteiger partial charge in [-0.15, -0.1) is 6.42 Å². The predicted molar refractivity (Wildman–Crippen MR) is 53.3 cm³/mol. The molecule has 1 aromatic rings. The van der Waals surface area contributed by atoms with E-state index < -0.39 is 0 Å². The molecular weight excluding hydrogens is 146 g/mol. The first-order valence-corrected chi connectivity index (χ1v) is 3.95. The average molecular weight is 159 g/mol.